The first kappa shape index (κ1) is 13.0. The molecule has 19 heavy (non-hydrogen) atoms. The SMILES string of the molecule is N#CCC[NH+](CCC#N)Cn1nnc2ccccc21. The lowest BCUT2D eigenvalue weighted by Crippen LogP contribution is -3.11. The van der Waals surface area contributed by atoms with E-state index in [-0.39, 0.29) is 0 Å². The highest BCUT2D eigenvalue weighted by Gasteiger charge is 2.12. The van der Waals surface area contributed by atoms with Gasteiger partial charge in [0.25, 0.3) is 0 Å². The van der Waals surface area contributed by atoms with Crippen LogP contribution in [0, 0.1) is 22.7 Å². The second-order valence-corrected chi connectivity index (χ2v) is 4.30. The van der Waals surface area contributed by atoms with Crippen molar-refractivity contribution in [3.8, 4) is 12.1 Å². The summed E-state index contributed by atoms with van der Waals surface area (Å²) in [5.41, 5.74) is 1.84. The van der Waals surface area contributed by atoms with E-state index in [1.165, 1.54) is 4.90 Å². The maximum atomic E-state index is 8.68. The van der Waals surface area contributed by atoms with Gasteiger partial charge in [-0.3, -0.25) is 0 Å². The fourth-order valence-corrected chi connectivity index (χ4v) is 1.99. The number of benzene rings is 1. The molecule has 0 fully saturated rings. The van der Waals surface area contributed by atoms with Crippen molar-refractivity contribution >= 4 is 11.0 Å². The summed E-state index contributed by atoms with van der Waals surface area (Å²) in [6.45, 7) is 2.06. The first-order valence-corrected chi connectivity index (χ1v) is 6.21. The molecule has 2 rings (SSSR count). The molecule has 0 spiro atoms. The van der Waals surface area contributed by atoms with E-state index in [1.54, 1.807) is 0 Å². The number of aromatic nitrogens is 3. The topological polar surface area (TPSA) is 82.7 Å². The number of rotatable bonds is 6. The standard InChI is InChI=1S/C13H14N6/c14-7-3-9-18(10-4-8-15)11-19-13-6-2-1-5-12(13)16-17-19/h1-2,5-6H,3-4,9-11H2/p+1. The van der Waals surface area contributed by atoms with Crippen LogP contribution in [0.15, 0.2) is 24.3 Å². The number of para-hydroxylation sites is 1. The maximum Gasteiger partial charge on any atom is 0.175 e. The first-order valence-electron chi connectivity index (χ1n) is 6.21. The minimum Gasteiger partial charge on any atom is -0.315 e. The Labute approximate surface area is 111 Å². The molecule has 0 aliphatic carbocycles. The lowest BCUT2D eigenvalue weighted by molar-refractivity contribution is -0.922. The molecular formula is C13H15N6+. The van der Waals surface area contributed by atoms with Crippen molar-refractivity contribution in [1.82, 2.24) is 15.0 Å². The Kier molecular flexibility index (Phi) is 4.44. The van der Waals surface area contributed by atoms with Gasteiger partial charge in [-0.05, 0) is 12.1 Å². The van der Waals surface area contributed by atoms with Gasteiger partial charge in [-0.1, -0.05) is 17.3 Å². The summed E-state index contributed by atoms with van der Waals surface area (Å²) in [7, 11) is 0. The van der Waals surface area contributed by atoms with Crippen molar-refractivity contribution in [1.29, 1.82) is 10.5 Å². The van der Waals surface area contributed by atoms with Crippen LogP contribution < -0.4 is 4.90 Å². The molecular weight excluding hydrogens is 240 g/mol. The highest BCUT2D eigenvalue weighted by molar-refractivity contribution is 5.73. The molecule has 0 aliphatic heterocycles. The number of quaternary nitrogens is 1. The van der Waals surface area contributed by atoms with E-state index < -0.39 is 0 Å². The van der Waals surface area contributed by atoms with Gasteiger partial charge in [0.1, 0.15) is 5.52 Å². The molecule has 0 bridgehead atoms. The molecule has 1 heterocycles. The van der Waals surface area contributed by atoms with E-state index in [2.05, 4.69) is 22.5 Å². The lowest BCUT2D eigenvalue weighted by atomic mass is 10.3. The van der Waals surface area contributed by atoms with E-state index in [0.29, 0.717) is 32.6 Å². The van der Waals surface area contributed by atoms with E-state index in [9.17, 15) is 0 Å². The van der Waals surface area contributed by atoms with Crippen LogP contribution in [-0.4, -0.2) is 28.1 Å². The molecule has 0 unspecified atom stereocenters. The van der Waals surface area contributed by atoms with Crippen LogP contribution >= 0.6 is 0 Å². The predicted octanol–water partition coefficient (Wildman–Crippen LogP) is 0.101. The number of fused-ring (bicyclic) bond motifs is 1. The average molecular weight is 255 g/mol. The molecule has 0 atom stereocenters. The highest BCUT2D eigenvalue weighted by Crippen LogP contribution is 2.08. The summed E-state index contributed by atoms with van der Waals surface area (Å²) >= 11 is 0. The Balaban J connectivity index is 2.11. The number of nitrogens with one attached hydrogen (secondary N) is 1. The smallest absolute Gasteiger partial charge is 0.175 e. The Morgan fingerprint density at radius 1 is 1.11 bits per heavy atom. The lowest BCUT2D eigenvalue weighted by Gasteiger charge is -2.16. The first-order chi connectivity index (χ1) is 9.35. The van der Waals surface area contributed by atoms with Gasteiger partial charge >= 0.3 is 0 Å². The molecule has 0 saturated carbocycles. The minimum atomic E-state index is 0.480. The van der Waals surface area contributed by atoms with Crippen LogP contribution in [0.2, 0.25) is 0 Å². The predicted molar refractivity (Wildman–Crippen MR) is 68.7 cm³/mol. The number of nitriles is 2. The van der Waals surface area contributed by atoms with Gasteiger partial charge in [0.05, 0.1) is 43.6 Å². The third-order valence-corrected chi connectivity index (χ3v) is 2.97. The molecule has 0 aliphatic rings. The van der Waals surface area contributed by atoms with E-state index >= 15 is 0 Å². The summed E-state index contributed by atoms with van der Waals surface area (Å²) in [4.78, 5) is 1.17. The third kappa shape index (κ3) is 3.27. The van der Waals surface area contributed by atoms with Crippen LogP contribution in [-0.2, 0) is 6.67 Å². The van der Waals surface area contributed by atoms with Crippen LogP contribution in [0.1, 0.15) is 12.8 Å². The van der Waals surface area contributed by atoms with Gasteiger partial charge < -0.3 is 4.90 Å². The van der Waals surface area contributed by atoms with Gasteiger partial charge in [0.2, 0.25) is 0 Å². The van der Waals surface area contributed by atoms with Gasteiger partial charge in [0.15, 0.2) is 6.67 Å². The van der Waals surface area contributed by atoms with Crippen molar-refractivity contribution in [3.05, 3.63) is 24.3 Å². The van der Waals surface area contributed by atoms with Crippen LogP contribution in [0.5, 0.6) is 0 Å². The molecule has 0 radical (unpaired) electrons. The van der Waals surface area contributed by atoms with Crippen molar-refractivity contribution < 1.29 is 4.90 Å². The molecule has 1 aromatic heterocycles. The monoisotopic (exact) mass is 255 g/mol. The maximum absolute atomic E-state index is 8.68. The van der Waals surface area contributed by atoms with Crippen molar-refractivity contribution in [3.63, 3.8) is 0 Å². The Morgan fingerprint density at radius 3 is 2.47 bits per heavy atom. The van der Waals surface area contributed by atoms with Gasteiger partial charge in [-0.15, -0.1) is 5.10 Å². The Hall–Kier alpha value is -2.44. The fraction of sp³-hybridized carbons (Fsp3) is 0.385. The van der Waals surface area contributed by atoms with Crippen LogP contribution in [0.3, 0.4) is 0 Å². The zero-order valence-corrected chi connectivity index (χ0v) is 10.6. The molecule has 2 aromatic rings. The quantitative estimate of drug-likeness (QED) is 0.793. The molecule has 0 saturated heterocycles. The van der Waals surface area contributed by atoms with Gasteiger partial charge in [-0.25, -0.2) is 0 Å². The molecule has 1 aromatic carbocycles. The summed E-state index contributed by atoms with van der Waals surface area (Å²) in [6.07, 6.45) is 0.959. The van der Waals surface area contributed by atoms with E-state index in [1.807, 2.05) is 28.9 Å². The van der Waals surface area contributed by atoms with Gasteiger partial charge in [0, 0.05) is 0 Å². The third-order valence-electron chi connectivity index (χ3n) is 2.97. The average Bonchev–Trinajstić information content (AvgIpc) is 2.85. The van der Waals surface area contributed by atoms with Crippen molar-refractivity contribution in [2.75, 3.05) is 13.1 Å². The largest absolute Gasteiger partial charge is 0.315 e. The van der Waals surface area contributed by atoms with Crippen molar-refractivity contribution in [2.24, 2.45) is 0 Å². The zero-order chi connectivity index (χ0) is 13.5. The van der Waals surface area contributed by atoms with E-state index in [0.717, 1.165) is 11.0 Å². The summed E-state index contributed by atoms with van der Waals surface area (Å²) in [5.74, 6) is 0. The molecule has 6 heteroatoms. The fourth-order valence-electron chi connectivity index (χ4n) is 1.99. The Bertz CT molecular complexity index is 600. The number of nitrogens with zero attached hydrogens (tertiary/aromatic N) is 5. The molecule has 6 nitrogen and oxygen atoms in total. The molecule has 0 amide bonds. The molecule has 1 N–H and O–H groups in total. The second kappa shape index (κ2) is 6.48. The van der Waals surface area contributed by atoms with Crippen LogP contribution in [0.4, 0.5) is 0 Å². The summed E-state index contributed by atoms with van der Waals surface area (Å²) in [6, 6.07) is 12.1. The highest BCUT2D eigenvalue weighted by atomic mass is 15.5. The molecule has 96 valence electrons. The number of hydrogen-bond acceptors (Lipinski definition) is 4. The second-order valence-electron chi connectivity index (χ2n) is 4.30. The normalized spacial score (nSPS) is 10.5. The summed E-state index contributed by atoms with van der Waals surface area (Å²) < 4.78 is 1.83. The van der Waals surface area contributed by atoms with Crippen molar-refractivity contribution in [2.45, 2.75) is 19.5 Å². The van der Waals surface area contributed by atoms with Gasteiger partial charge in [-0.2, -0.15) is 15.2 Å². The van der Waals surface area contributed by atoms with E-state index in [4.69, 9.17) is 10.5 Å². The van der Waals surface area contributed by atoms with Crippen LogP contribution in [0.25, 0.3) is 11.0 Å². The number of hydrogen-bond donors (Lipinski definition) is 1. The Morgan fingerprint density at radius 2 is 1.79 bits per heavy atom. The minimum absolute atomic E-state index is 0.480. The summed E-state index contributed by atoms with van der Waals surface area (Å²) in [5, 5.41) is 25.6. The zero-order valence-electron chi connectivity index (χ0n) is 10.6.